The third kappa shape index (κ3) is 4.85. The highest BCUT2D eigenvalue weighted by molar-refractivity contribution is 6.36. The van der Waals surface area contributed by atoms with Crippen molar-refractivity contribution in [2.45, 2.75) is 19.3 Å². The van der Waals surface area contributed by atoms with E-state index in [-0.39, 0.29) is 24.7 Å². The van der Waals surface area contributed by atoms with E-state index in [0.717, 1.165) is 0 Å². The van der Waals surface area contributed by atoms with Gasteiger partial charge in [0.25, 0.3) is 5.91 Å². The summed E-state index contributed by atoms with van der Waals surface area (Å²) in [6.07, 6.45) is 0.524. The number of carbonyl (C=O) groups excluding carboxylic acids is 2. The number of carbonyl (C=O) groups is 3. The van der Waals surface area contributed by atoms with Gasteiger partial charge in [0.1, 0.15) is 0 Å². The number of carboxylic acid groups (broad SMARTS) is 1. The lowest BCUT2D eigenvalue weighted by Crippen LogP contribution is -2.50. The highest BCUT2D eigenvalue weighted by Gasteiger charge is 2.25. The number of piperazine rings is 1. The Kier molecular flexibility index (Phi) is 6.45. The topological polar surface area (TPSA) is 77.9 Å². The second kappa shape index (κ2) is 8.35. The van der Waals surface area contributed by atoms with E-state index in [1.165, 1.54) is 6.07 Å². The normalized spacial score (nSPS) is 14.6. The summed E-state index contributed by atoms with van der Waals surface area (Å²) in [5, 5.41) is 9.36. The number of benzene rings is 1. The number of halogens is 2. The Bertz CT molecular complexity index is 643. The van der Waals surface area contributed by atoms with Crippen molar-refractivity contribution in [3.63, 3.8) is 0 Å². The lowest BCUT2D eigenvalue weighted by molar-refractivity contribution is -0.137. The Morgan fingerprint density at radius 3 is 2.21 bits per heavy atom. The summed E-state index contributed by atoms with van der Waals surface area (Å²) in [4.78, 5) is 38.3. The van der Waals surface area contributed by atoms with E-state index in [0.29, 0.717) is 48.2 Å². The van der Waals surface area contributed by atoms with Crippen molar-refractivity contribution in [3.05, 3.63) is 33.8 Å². The molecule has 0 aliphatic carbocycles. The van der Waals surface area contributed by atoms with Crippen LogP contribution in [-0.4, -0.2) is 58.9 Å². The maximum Gasteiger partial charge on any atom is 0.303 e. The SMILES string of the molecule is O=C(O)CCCC(=O)N1CCN(C(=O)c2ccc(Cl)cc2Cl)CC1. The van der Waals surface area contributed by atoms with Gasteiger partial charge in [0.15, 0.2) is 0 Å². The van der Waals surface area contributed by atoms with E-state index < -0.39 is 5.97 Å². The second-order valence-electron chi connectivity index (χ2n) is 5.54. The predicted molar refractivity (Wildman–Crippen MR) is 90.4 cm³/mol. The van der Waals surface area contributed by atoms with Gasteiger partial charge in [-0.05, 0) is 24.6 Å². The first-order valence-corrected chi connectivity index (χ1v) is 8.38. The van der Waals surface area contributed by atoms with Crippen molar-refractivity contribution in [1.82, 2.24) is 9.80 Å². The van der Waals surface area contributed by atoms with Crippen LogP contribution in [0.25, 0.3) is 0 Å². The van der Waals surface area contributed by atoms with Gasteiger partial charge < -0.3 is 14.9 Å². The third-order valence-corrected chi connectivity index (χ3v) is 4.41. The highest BCUT2D eigenvalue weighted by atomic mass is 35.5. The van der Waals surface area contributed by atoms with Crippen molar-refractivity contribution in [2.75, 3.05) is 26.2 Å². The minimum atomic E-state index is -0.905. The van der Waals surface area contributed by atoms with Crippen molar-refractivity contribution in [1.29, 1.82) is 0 Å². The Balaban J connectivity index is 1.86. The maximum atomic E-state index is 12.5. The summed E-state index contributed by atoms with van der Waals surface area (Å²) in [6.45, 7) is 1.70. The van der Waals surface area contributed by atoms with Gasteiger partial charge in [0.05, 0.1) is 10.6 Å². The van der Waals surface area contributed by atoms with Gasteiger partial charge in [0, 0.05) is 44.0 Å². The fourth-order valence-electron chi connectivity index (χ4n) is 2.54. The standard InChI is InChI=1S/C16H18Cl2N2O4/c17-11-4-5-12(13(18)10-11)16(24)20-8-6-19(7-9-20)14(21)2-1-3-15(22)23/h4-5,10H,1-3,6-9H2,(H,22,23). The fourth-order valence-corrected chi connectivity index (χ4v) is 3.03. The van der Waals surface area contributed by atoms with Crippen LogP contribution in [0.4, 0.5) is 0 Å². The molecule has 0 radical (unpaired) electrons. The molecular formula is C16H18Cl2N2O4. The monoisotopic (exact) mass is 372 g/mol. The van der Waals surface area contributed by atoms with Crippen LogP contribution in [0, 0.1) is 0 Å². The predicted octanol–water partition coefficient (Wildman–Crippen LogP) is 2.53. The van der Waals surface area contributed by atoms with Crippen LogP contribution >= 0.6 is 23.2 Å². The summed E-state index contributed by atoms with van der Waals surface area (Å²) in [5.41, 5.74) is 0.391. The average molecular weight is 373 g/mol. The fraction of sp³-hybridized carbons (Fsp3) is 0.438. The van der Waals surface area contributed by atoms with E-state index >= 15 is 0 Å². The molecular weight excluding hydrogens is 355 g/mol. The zero-order chi connectivity index (χ0) is 17.7. The highest BCUT2D eigenvalue weighted by Crippen LogP contribution is 2.23. The van der Waals surface area contributed by atoms with Gasteiger partial charge in [-0.3, -0.25) is 14.4 Å². The summed E-state index contributed by atoms with van der Waals surface area (Å²) in [5.74, 6) is -1.17. The first-order valence-electron chi connectivity index (χ1n) is 7.62. The zero-order valence-corrected chi connectivity index (χ0v) is 14.5. The molecule has 0 aromatic heterocycles. The molecule has 2 rings (SSSR count). The minimum Gasteiger partial charge on any atom is -0.481 e. The molecule has 1 aliphatic rings. The summed E-state index contributed by atoms with van der Waals surface area (Å²) in [7, 11) is 0. The quantitative estimate of drug-likeness (QED) is 0.861. The van der Waals surface area contributed by atoms with E-state index in [4.69, 9.17) is 28.3 Å². The molecule has 1 heterocycles. The van der Waals surface area contributed by atoms with Gasteiger partial charge in [-0.25, -0.2) is 0 Å². The first kappa shape index (κ1) is 18.5. The summed E-state index contributed by atoms with van der Waals surface area (Å²) < 4.78 is 0. The lowest BCUT2D eigenvalue weighted by atomic mass is 10.1. The van der Waals surface area contributed by atoms with Gasteiger partial charge in [-0.2, -0.15) is 0 Å². The molecule has 1 N–H and O–H groups in total. The Morgan fingerprint density at radius 1 is 1.00 bits per heavy atom. The number of nitrogens with zero attached hydrogens (tertiary/aromatic N) is 2. The number of amides is 2. The van der Waals surface area contributed by atoms with E-state index in [1.807, 2.05) is 0 Å². The molecule has 0 bridgehead atoms. The van der Waals surface area contributed by atoms with Gasteiger partial charge >= 0.3 is 5.97 Å². The largest absolute Gasteiger partial charge is 0.481 e. The molecule has 0 spiro atoms. The van der Waals surface area contributed by atoms with Crippen molar-refractivity contribution in [3.8, 4) is 0 Å². The number of rotatable bonds is 5. The Labute approximate surface area is 149 Å². The second-order valence-corrected chi connectivity index (χ2v) is 6.39. The molecule has 2 amide bonds. The first-order chi connectivity index (χ1) is 11.4. The van der Waals surface area contributed by atoms with Crippen molar-refractivity contribution in [2.24, 2.45) is 0 Å². The molecule has 6 nitrogen and oxygen atoms in total. The number of carboxylic acids is 1. The molecule has 8 heteroatoms. The molecule has 1 fully saturated rings. The van der Waals surface area contributed by atoms with Crippen molar-refractivity contribution >= 4 is 41.0 Å². The molecule has 130 valence electrons. The van der Waals surface area contributed by atoms with Crippen LogP contribution in [-0.2, 0) is 9.59 Å². The molecule has 1 aromatic rings. The lowest BCUT2D eigenvalue weighted by Gasteiger charge is -2.35. The molecule has 0 saturated carbocycles. The van der Waals surface area contributed by atoms with Gasteiger partial charge in [-0.15, -0.1) is 0 Å². The molecule has 24 heavy (non-hydrogen) atoms. The van der Waals surface area contributed by atoms with Gasteiger partial charge in [0.2, 0.25) is 5.91 Å². The van der Waals surface area contributed by atoms with Crippen molar-refractivity contribution < 1.29 is 19.5 Å². The smallest absolute Gasteiger partial charge is 0.303 e. The zero-order valence-electron chi connectivity index (χ0n) is 13.0. The van der Waals surface area contributed by atoms with E-state index in [9.17, 15) is 14.4 Å². The van der Waals surface area contributed by atoms with Crippen LogP contribution in [0.2, 0.25) is 10.0 Å². The van der Waals surface area contributed by atoms with Gasteiger partial charge in [-0.1, -0.05) is 23.2 Å². The van der Waals surface area contributed by atoms with Crippen LogP contribution in [0.15, 0.2) is 18.2 Å². The molecule has 1 saturated heterocycles. The van der Waals surface area contributed by atoms with E-state index in [1.54, 1.807) is 21.9 Å². The molecule has 0 unspecified atom stereocenters. The number of aliphatic carboxylic acids is 1. The molecule has 0 atom stereocenters. The molecule has 1 aliphatic heterocycles. The Morgan fingerprint density at radius 2 is 1.62 bits per heavy atom. The maximum absolute atomic E-state index is 12.5. The minimum absolute atomic E-state index is 0.0146. The number of hydrogen-bond acceptors (Lipinski definition) is 3. The number of hydrogen-bond donors (Lipinski definition) is 1. The summed E-state index contributed by atoms with van der Waals surface area (Å²) in [6, 6.07) is 4.73. The summed E-state index contributed by atoms with van der Waals surface area (Å²) >= 11 is 11.9. The van der Waals surface area contributed by atoms with Crippen LogP contribution < -0.4 is 0 Å². The van der Waals surface area contributed by atoms with Crippen LogP contribution in [0.5, 0.6) is 0 Å². The molecule has 1 aromatic carbocycles. The third-order valence-electron chi connectivity index (χ3n) is 3.86. The van der Waals surface area contributed by atoms with Crippen LogP contribution in [0.3, 0.4) is 0 Å². The van der Waals surface area contributed by atoms with Crippen LogP contribution in [0.1, 0.15) is 29.6 Å². The average Bonchev–Trinajstić information content (AvgIpc) is 2.54. The Hall–Kier alpha value is -1.79. The van der Waals surface area contributed by atoms with E-state index in [2.05, 4.69) is 0 Å².